The number of rotatable bonds is 8. The third-order valence-electron chi connectivity index (χ3n) is 3.95. The van der Waals surface area contributed by atoms with E-state index in [2.05, 4.69) is 15.6 Å². The van der Waals surface area contributed by atoms with Gasteiger partial charge in [-0.15, -0.1) is 0 Å². The van der Waals surface area contributed by atoms with E-state index in [0.717, 1.165) is 5.56 Å². The lowest BCUT2D eigenvalue weighted by Crippen LogP contribution is -2.48. The molecule has 1 aromatic heterocycles. The molecule has 6 nitrogen and oxygen atoms in total. The molecule has 26 heavy (non-hydrogen) atoms. The molecule has 2 rings (SSSR count). The Bertz CT molecular complexity index is 739. The summed E-state index contributed by atoms with van der Waals surface area (Å²) >= 11 is 0. The molecule has 1 aromatic carbocycles. The van der Waals surface area contributed by atoms with Gasteiger partial charge < -0.3 is 16.4 Å². The van der Waals surface area contributed by atoms with E-state index < -0.39 is 12.1 Å². The number of carbonyl (C=O) groups excluding carboxylic acids is 2. The standard InChI is InChI=1S/C19H23FN4O2/c1-22-19(26)17(9-13-5-4-8-23-12-13)24-18(25)11-15(21)10-14-6-2-3-7-16(14)20/h2-8,12,15,17H,9-11,21H2,1H3,(H,22,26)(H,24,25)/t15-,17-/m1/s1. The smallest absolute Gasteiger partial charge is 0.242 e. The molecule has 0 bridgehead atoms. The molecule has 1 heterocycles. The van der Waals surface area contributed by atoms with Gasteiger partial charge in [0.15, 0.2) is 0 Å². The van der Waals surface area contributed by atoms with Crippen LogP contribution in [-0.2, 0) is 22.4 Å². The number of hydrogen-bond donors (Lipinski definition) is 3. The SMILES string of the molecule is CNC(=O)[C@@H](Cc1cccnc1)NC(=O)C[C@H](N)Cc1ccccc1F. The number of likely N-dealkylation sites (N-methyl/N-ethyl adjacent to an activating group) is 1. The predicted octanol–water partition coefficient (Wildman–Crippen LogP) is 0.954. The van der Waals surface area contributed by atoms with Crippen LogP contribution in [0.15, 0.2) is 48.8 Å². The molecule has 2 amide bonds. The largest absolute Gasteiger partial charge is 0.357 e. The van der Waals surface area contributed by atoms with Gasteiger partial charge in [-0.2, -0.15) is 0 Å². The van der Waals surface area contributed by atoms with E-state index in [-0.39, 0.29) is 30.5 Å². The number of nitrogens with one attached hydrogen (secondary N) is 2. The second kappa shape index (κ2) is 9.62. The summed E-state index contributed by atoms with van der Waals surface area (Å²) in [4.78, 5) is 28.3. The monoisotopic (exact) mass is 358 g/mol. The summed E-state index contributed by atoms with van der Waals surface area (Å²) in [6.07, 6.45) is 3.84. The van der Waals surface area contributed by atoms with Gasteiger partial charge in [0.2, 0.25) is 11.8 Å². The third kappa shape index (κ3) is 5.93. The maximum Gasteiger partial charge on any atom is 0.242 e. The summed E-state index contributed by atoms with van der Waals surface area (Å²) in [5.41, 5.74) is 7.27. The van der Waals surface area contributed by atoms with Crippen molar-refractivity contribution in [2.45, 2.75) is 31.3 Å². The quantitative estimate of drug-likeness (QED) is 0.655. The predicted molar refractivity (Wildman–Crippen MR) is 96.6 cm³/mol. The van der Waals surface area contributed by atoms with Gasteiger partial charge in [0.25, 0.3) is 0 Å². The molecule has 2 aromatic rings. The lowest BCUT2D eigenvalue weighted by atomic mass is 10.0. The Morgan fingerprint density at radius 2 is 1.96 bits per heavy atom. The Morgan fingerprint density at radius 3 is 2.62 bits per heavy atom. The van der Waals surface area contributed by atoms with Crippen molar-refractivity contribution in [2.75, 3.05) is 7.05 Å². The zero-order valence-electron chi connectivity index (χ0n) is 14.6. The molecule has 138 valence electrons. The molecule has 0 unspecified atom stereocenters. The minimum atomic E-state index is -0.725. The molecule has 0 aliphatic carbocycles. The highest BCUT2D eigenvalue weighted by Crippen LogP contribution is 2.10. The van der Waals surface area contributed by atoms with E-state index in [1.165, 1.54) is 13.1 Å². The molecule has 0 aliphatic rings. The lowest BCUT2D eigenvalue weighted by Gasteiger charge is -2.19. The molecule has 0 fully saturated rings. The summed E-state index contributed by atoms with van der Waals surface area (Å²) < 4.78 is 13.7. The molecular weight excluding hydrogens is 335 g/mol. The van der Waals surface area contributed by atoms with Crippen LogP contribution in [0.5, 0.6) is 0 Å². The van der Waals surface area contributed by atoms with Crippen molar-refractivity contribution < 1.29 is 14.0 Å². The molecule has 0 radical (unpaired) electrons. The van der Waals surface area contributed by atoms with Gasteiger partial charge in [0, 0.05) is 38.3 Å². The highest BCUT2D eigenvalue weighted by molar-refractivity contribution is 5.87. The Labute approximate surface area is 152 Å². The van der Waals surface area contributed by atoms with E-state index in [1.807, 2.05) is 6.07 Å². The van der Waals surface area contributed by atoms with Gasteiger partial charge in [0.1, 0.15) is 11.9 Å². The van der Waals surface area contributed by atoms with Crippen molar-refractivity contribution in [3.05, 3.63) is 65.7 Å². The van der Waals surface area contributed by atoms with E-state index in [9.17, 15) is 14.0 Å². The number of aromatic nitrogens is 1. The number of benzene rings is 1. The fourth-order valence-electron chi connectivity index (χ4n) is 2.65. The number of halogens is 1. The zero-order chi connectivity index (χ0) is 18.9. The van der Waals surface area contributed by atoms with Gasteiger partial charge >= 0.3 is 0 Å². The van der Waals surface area contributed by atoms with Crippen molar-refractivity contribution >= 4 is 11.8 Å². The summed E-state index contributed by atoms with van der Waals surface area (Å²) in [7, 11) is 1.51. The Morgan fingerprint density at radius 1 is 1.19 bits per heavy atom. The van der Waals surface area contributed by atoms with Crippen molar-refractivity contribution in [2.24, 2.45) is 5.73 Å². The average Bonchev–Trinajstić information content (AvgIpc) is 2.63. The average molecular weight is 358 g/mol. The highest BCUT2D eigenvalue weighted by atomic mass is 19.1. The van der Waals surface area contributed by atoms with Crippen LogP contribution < -0.4 is 16.4 Å². The first-order valence-corrected chi connectivity index (χ1v) is 8.38. The van der Waals surface area contributed by atoms with Gasteiger partial charge in [-0.05, 0) is 29.7 Å². The Kier molecular flexibility index (Phi) is 7.23. The number of nitrogens with two attached hydrogens (primary N) is 1. The van der Waals surface area contributed by atoms with Crippen LogP contribution >= 0.6 is 0 Å². The van der Waals surface area contributed by atoms with Crippen LogP contribution in [0.4, 0.5) is 4.39 Å². The van der Waals surface area contributed by atoms with Crippen LogP contribution in [0, 0.1) is 5.82 Å². The van der Waals surface area contributed by atoms with Gasteiger partial charge in [0.05, 0.1) is 0 Å². The van der Waals surface area contributed by atoms with Gasteiger partial charge in [-0.3, -0.25) is 14.6 Å². The second-order valence-electron chi connectivity index (χ2n) is 6.06. The first kappa shape index (κ1) is 19.5. The van der Waals surface area contributed by atoms with Crippen LogP contribution in [0.25, 0.3) is 0 Å². The van der Waals surface area contributed by atoms with E-state index >= 15 is 0 Å². The maximum absolute atomic E-state index is 13.7. The van der Waals surface area contributed by atoms with Crippen molar-refractivity contribution in [1.82, 2.24) is 15.6 Å². The first-order valence-electron chi connectivity index (χ1n) is 8.38. The minimum absolute atomic E-state index is 0.00509. The Hall–Kier alpha value is -2.80. The van der Waals surface area contributed by atoms with Crippen molar-refractivity contribution in [3.63, 3.8) is 0 Å². The topological polar surface area (TPSA) is 97.1 Å². The highest BCUT2D eigenvalue weighted by Gasteiger charge is 2.21. The fraction of sp³-hybridized carbons (Fsp3) is 0.316. The van der Waals surface area contributed by atoms with E-state index in [1.54, 1.807) is 36.7 Å². The van der Waals surface area contributed by atoms with Crippen LogP contribution in [0.2, 0.25) is 0 Å². The number of hydrogen-bond acceptors (Lipinski definition) is 4. The summed E-state index contributed by atoms with van der Waals surface area (Å²) in [5.74, 6) is -1.00. The summed E-state index contributed by atoms with van der Waals surface area (Å²) in [6.45, 7) is 0. The summed E-state index contributed by atoms with van der Waals surface area (Å²) in [5, 5.41) is 5.23. The molecule has 7 heteroatoms. The molecule has 2 atom stereocenters. The van der Waals surface area contributed by atoms with Gasteiger partial charge in [-0.1, -0.05) is 24.3 Å². The molecule has 0 aliphatic heterocycles. The van der Waals surface area contributed by atoms with Crippen LogP contribution in [-0.4, -0.2) is 35.9 Å². The molecular formula is C19H23FN4O2. The lowest BCUT2D eigenvalue weighted by molar-refractivity contribution is -0.128. The molecule has 0 saturated carbocycles. The van der Waals surface area contributed by atoms with Crippen molar-refractivity contribution in [1.29, 1.82) is 0 Å². The second-order valence-corrected chi connectivity index (χ2v) is 6.06. The van der Waals surface area contributed by atoms with Crippen LogP contribution in [0.3, 0.4) is 0 Å². The molecule has 4 N–H and O–H groups in total. The number of amides is 2. The number of pyridine rings is 1. The third-order valence-corrected chi connectivity index (χ3v) is 3.95. The summed E-state index contributed by atoms with van der Waals surface area (Å²) in [6, 6.07) is 8.65. The zero-order valence-corrected chi connectivity index (χ0v) is 14.6. The van der Waals surface area contributed by atoms with E-state index in [4.69, 9.17) is 5.73 Å². The van der Waals surface area contributed by atoms with E-state index in [0.29, 0.717) is 12.0 Å². The number of carbonyl (C=O) groups is 2. The fourth-order valence-corrected chi connectivity index (χ4v) is 2.65. The normalized spacial score (nSPS) is 12.9. The Balaban J connectivity index is 1.93. The van der Waals surface area contributed by atoms with Crippen molar-refractivity contribution in [3.8, 4) is 0 Å². The van der Waals surface area contributed by atoms with Gasteiger partial charge in [-0.25, -0.2) is 4.39 Å². The molecule has 0 saturated heterocycles. The maximum atomic E-state index is 13.7. The molecule has 0 spiro atoms. The minimum Gasteiger partial charge on any atom is -0.357 e. The first-order chi connectivity index (χ1) is 12.5. The van der Waals surface area contributed by atoms with Crippen LogP contribution in [0.1, 0.15) is 17.5 Å². The number of nitrogens with zero attached hydrogens (tertiary/aromatic N) is 1.